The quantitative estimate of drug-likeness (QED) is 0.338. The van der Waals surface area contributed by atoms with Crippen molar-refractivity contribution in [2.75, 3.05) is 32.8 Å². The zero-order valence-corrected chi connectivity index (χ0v) is 20.9. The molecule has 0 saturated carbocycles. The molecule has 1 aliphatic heterocycles. The fourth-order valence-corrected chi connectivity index (χ4v) is 4.88. The number of hydrogen-bond acceptors (Lipinski definition) is 7. The Hall–Kier alpha value is -2.74. The number of rotatable bonds is 6. The number of pyridine rings is 1. The third-order valence-electron chi connectivity index (χ3n) is 5.86. The van der Waals surface area contributed by atoms with Crippen LogP contribution in [0.3, 0.4) is 0 Å². The van der Waals surface area contributed by atoms with Crippen LogP contribution in [0.25, 0.3) is 32.5 Å². The van der Waals surface area contributed by atoms with Crippen molar-refractivity contribution >= 4 is 32.4 Å². The molecule has 1 aromatic carbocycles. The fraction of sp³-hybridized carbons (Fsp3) is 0.407. The van der Waals surface area contributed by atoms with E-state index in [9.17, 15) is 0 Å². The van der Waals surface area contributed by atoms with Crippen LogP contribution in [0.2, 0.25) is 0 Å². The summed E-state index contributed by atoms with van der Waals surface area (Å²) < 4.78 is 12.9. The van der Waals surface area contributed by atoms with Gasteiger partial charge in [-0.05, 0) is 75.4 Å². The van der Waals surface area contributed by atoms with Gasteiger partial charge in [0.15, 0.2) is 5.76 Å². The Morgan fingerprint density at radius 1 is 1.12 bits per heavy atom. The van der Waals surface area contributed by atoms with E-state index in [1.54, 1.807) is 11.3 Å². The van der Waals surface area contributed by atoms with Crippen molar-refractivity contribution in [3.63, 3.8) is 0 Å². The molecule has 1 aliphatic rings. The normalized spacial score (nSPS) is 15.9. The van der Waals surface area contributed by atoms with Crippen LogP contribution in [0.5, 0.6) is 0 Å². The van der Waals surface area contributed by atoms with E-state index in [-0.39, 0.29) is 5.60 Å². The van der Waals surface area contributed by atoms with Gasteiger partial charge in [-0.15, -0.1) is 11.3 Å². The molecule has 3 aromatic heterocycles. The number of ether oxygens (including phenoxy) is 1. The monoisotopic (exact) mass is 477 g/mol. The Morgan fingerprint density at radius 2 is 1.97 bits per heavy atom. The third kappa shape index (κ3) is 5.49. The Morgan fingerprint density at radius 3 is 2.79 bits per heavy atom. The maximum atomic E-state index is 6.31. The molecule has 178 valence electrons. The number of thiophene rings is 1. The summed E-state index contributed by atoms with van der Waals surface area (Å²) in [6.07, 6.45) is 4.00. The van der Waals surface area contributed by atoms with Gasteiger partial charge in [-0.3, -0.25) is 9.88 Å². The lowest BCUT2D eigenvalue weighted by molar-refractivity contribution is -0.00585. The van der Waals surface area contributed by atoms with Gasteiger partial charge in [0.25, 0.3) is 0 Å². The molecule has 1 saturated heterocycles. The van der Waals surface area contributed by atoms with Crippen LogP contribution >= 0.6 is 11.3 Å². The second kappa shape index (κ2) is 9.86. The predicted octanol–water partition coefficient (Wildman–Crippen LogP) is 5.61. The molecule has 0 unspecified atom stereocenters. The molecule has 0 aliphatic carbocycles. The van der Waals surface area contributed by atoms with E-state index in [0.717, 1.165) is 73.1 Å². The van der Waals surface area contributed by atoms with E-state index >= 15 is 0 Å². The maximum absolute atomic E-state index is 6.31. The SMILES string of the molecule is CC(C)(C)ON=c1cc(-c2cc3sccc3cn2)oc2ccc(CCCN3CCOCC3)cc12. The molecule has 0 N–H and O–H groups in total. The first-order chi connectivity index (χ1) is 16.4. The highest BCUT2D eigenvalue weighted by Gasteiger charge is 2.14. The van der Waals surface area contributed by atoms with Gasteiger partial charge in [0.05, 0.1) is 13.2 Å². The zero-order valence-electron chi connectivity index (χ0n) is 20.0. The van der Waals surface area contributed by atoms with Crippen LogP contribution in [-0.4, -0.2) is 48.3 Å². The van der Waals surface area contributed by atoms with Crippen molar-refractivity contribution in [1.29, 1.82) is 0 Å². The second-order valence-corrected chi connectivity index (χ2v) is 10.7. The Labute approximate surface area is 203 Å². The standard InChI is InChI=1S/C27H31N3O3S/c1-27(2,3)33-29-22-16-25(23-17-26-20(18-28-23)8-14-34-26)32-24-7-6-19(15-21(22)24)5-4-9-30-10-12-31-13-11-30/h6-8,14-18H,4-5,9-13H2,1-3H3. The average molecular weight is 478 g/mol. The van der Waals surface area contributed by atoms with Crippen LogP contribution in [0.4, 0.5) is 0 Å². The number of hydrogen-bond donors (Lipinski definition) is 0. The maximum Gasteiger partial charge on any atom is 0.155 e. The minimum atomic E-state index is -0.386. The summed E-state index contributed by atoms with van der Waals surface area (Å²) in [4.78, 5) is 12.9. The lowest BCUT2D eigenvalue weighted by atomic mass is 10.1. The van der Waals surface area contributed by atoms with Gasteiger partial charge in [0, 0.05) is 40.8 Å². The molecule has 6 nitrogen and oxygen atoms in total. The molecule has 0 radical (unpaired) electrons. The number of aryl methyl sites for hydroxylation is 1. The molecule has 7 heteroatoms. The van der Waals surface area contributed by atoms with E-state index in [1.807, 2.05) is 39.1 Å². The molecule has 1 fully saturated rings. The van der Waals surface area contributed by atoms with Crippen molar-refractivity contribution in [2.45, 2.75) is 39.2 Å². The zero-order chi connectivity index (χ0) is 23.5. The van der Waals surface area contributed by atoms with E-state index in [2.05, 4.69) is 44.7 Å². The molecular weight excluding hydrogens is 446 g/mol. The first-order valence-corrected chi connectivity index (χ1v) is 12.8. The number of aromatic nitrogens is 1. The molecular formula is C27H31N3O3S. The summed E-state index contributed by atoms with van der Waals surface area (Å²) in [5.41, 5.74) is 2.45. The van der Waals surface area contributed by atoms with Crippen molar-refractivity contribution in [3.05, 3.63) is 58.9 Å². The summed E-state index contributed by atoms with van der Waals surface area (Å²) >= 11 is 1.70. The van der Waals surface area contributed by atoms with Gasteiger partial charge in [-0.1, -0.05) is 11.2 Å². The van der Waals surface area contributed by atoms with Gasteiger partial charge in [0.1, 0.15) is 22.2 Å². The summed E-state index contributed by atoms with van der Waals surface area (Å²) in [5.74, 6) is 0.680. The first kappa shape index (κ1) is 23.0. The van der Waals surface area contributed by atoms with Crippen LogP contribution in [0, 0.1) is 0 Å². The molecule has 34 heavy (non-hydrogen) atoms. The average Bonchev–Trinajstić information content (AvgIpc) is 3.30. The summed E-state index contributed by atoms with van der Waals surface area (Å²) in [6.45, 7) is 10.8. The first-order valence-electron chi connectivity index (χ1n) is 11.9. The van der Waals surface area contributed by atoms with Crippen LogP contribution in [-0.2, 0) is 16.0 Å². The predicted molar refractivity (Wildman–Crippen MR) is 137 cm³/mol. The highest BCUT2D eigenvalue weighted by molar-refractivity contribution is 7.17. The summed E-state index contributed by atoms with van der Waals surface area (Å²) in [7, 11) is 0. The van der Waals surface area contributed by atoms with Gasteiger partial charge >= 0.3 is 0 Å². The molecule has 4 aromatic rings. The molecule has 0 bridgehead atoms. The van der Waals surface area contributed by atoms with Crippen molar-refractivity contribution in [2.24, 2.45) is 5.16 Å². The number of fused-ring (bicyclic) bond motifs is 2. The van der Waals surface area contributed by atoms with Crippen molar-refractivity contribution in [3.8, 4) is 11.5 Å². The third-order valence-corrected chi connectivity index (χ3v) is 6.74. The van der Waals surface area contributed by atoms with Gasteiger partial charge in [-0.25, -0.2) is 0 Å². The molecule has 5 rings (SSSR count). The number of morpholine rings is 1. The fourth-order valence-electron chi connectivity index (χ4n) is 4.08. The molecule has 4 heterocycles. The second-order valence-electron chi connectivity index (χ2n) is 9.71. The Kier molecular flexibility index (Phi) is 6.68. The van der Waals surface area contributed by atoms with E-state index in [1.165, 1.54) is 10.3 Å². The van der Waals surface area contributed by atoms with Crippen LogP contribution in [0.15, 0.2) is 57.5 Å². The van der Waals surface area contributed by atoms with Crippen molar-refractivity contribution < 1.29 is 14.0 Å². The Bertz CT molecular complexity index is 1350. The van der Waals surface area contributed by atoms with Crippen molar-refractivity contribution in [1.82, 2.24) is 9.88 Å². The topological polar surface area (TPSA) is 60.1 Å². The molecule has 0 amide bonds. The van der Waals surface area contributed by atoms with E-state index in [0.29, 0.717) is 5.76 Å². The van der Waals surface area contributed by atoms with Crippen LogP contribution in [0.1, 0.15) is 32.8 Å². The van der Waals surface area contributed by atoms with E-state index < -0.39 is 0 Å². The summed E-state index contributed by atoms with van der Waals surface area (Å²) in [5, 5.41) is 9.46. The molecule has 0 atom stereocenters. The van der Waals surface area contributed by atoms with Gasteiger partial charge in [0.2, 0.25) is 0 Å². The van der Waals surface area contributed by atoms with Crippen LogP contribution < -0.4 is 5.36 Å². The van der Waals surface area contributed by atoms with Gasteiger partial charge in [-0.2, -0.15) is 0 Å². The largest absolute Gasteiger partial charge is 0.454 e. The smallest absolute Gasteiger partial charge is 0.155 e. The lowest BCUT2D eigenvalue weighted by Gasteiger charge is -2.26. The molecule has 0 spiro atoms. The lowest BCUT2D eigenvalue weighted by Crippen LogP contribution is -2.36. The summed E-state index contributed by atoms with van der Waals surface area (Å²) in [6, 6.07) is 12.5. The minimum Gasteiger partial charge on any atom is -0.454 e. The number of benzene rings is 1. The number of nitrogens with zero attached hydrogens (tertiary/aromatic N) is 3. The van der Waals surface area contributed by atoms with Gasteiger partial charge < -0.3 is 14.0 Å². The highest BCUT2D eigenvalue weighted by Crippen LogP contribution is 2.27. The Balaban J connectivity index is 1.47. The highest BCUT2D eigenvalue weighted by atomic mass is 32.1. The minimum absolute atomic E-state index is 0.386. The van der Waals surface area contributed by atoms with E-state index in [4.69, 9.17) is 14.0 Å².